The highest BCUT2D eigenvalue weighted by atomic mass is 16.6. The molecule has 3 rings (SSSR count). The van der Waals surface area contributed by atoms with E-state index < -0.39 is 5.60 Å². The maximum absolute atomic E-state index is 12.0. The first-order valence-electron chi connectivity index (χ1n) is 8.15. The minimum Gasteiger partial charge on any atom is -0.444 e. The molecule has 4 nitrogen and oxygen atoms in total. The van der Waals surface area contributed by atoms with Crippen LogP contribution in [0.25, 0.3) is 0 Å². The van der Waals surface area contributed by atoms with E-state index in [1.54, 1.807) is 0 Å². The summed E-state index contributed by atoms with van der Waals surface area (Å²) < 4.78 is 5.44. The van der Waals surface area contributed by atoms with Crippen LogP contribution in [-0.2, 0) is 4.74 Å². The fourth-order valence-electron chi connectivity index (χ4n) is 3.94. The molecule has 1 saturated heterocycles. The number of carbonyl (C=O) groups is 1. The number of nitrogens with zero attached hydrogens (tertiary/aromatic N) is 1. The fraction of sp³-hybridized carbons (Fsp3) is 0.938. The van der Waals surface area contributed by atoms with Gasteiger partial charge in [0.1, 0.15) is 5.60 Å². The Hall–Kier alpha value is -0.770. The van der Waals surface area contributed by atoms with Gasteiger partial charge in [-0.25, -0.2) is 4.79 Å². The highest BCUT2D eigenvalue weighted by molar-refractivity contribution is 5.68. The van der Waals surface area contributed by atoms with Crippen LogP contribution in [0.4, 0.5) is 4.79 Å². The van der Waals surface area contributed by atoms with Gasteiger partial charge in [0.25, 0.3) is 0 Å². The molecule has 2 saturated carbocycles. The summed E-state index contributed by atoms with van der Waals surface area (Å²) in [6.45, 7) is 7.40. The lowest BCUT2D eigenvalue weighted by molar-refractivity contribution is 0.0290. The first kappa shape index (κ1) is 14.2. The molecule has 0 aromatic carbocycles. The normalized spacial score (nSPS) is 36.6. The lowest BCUT2D eigenvalue weighted by Gasteiger charge is -2.29. The molecule has 0 spiro atoms. The molecule has 1 amide bonds. The molecule has 20 heavy (non-hydrogen) atoms. The lowest BCUT2D eigenvalue weighted by atomic mass is 9.77. The summed E-state index contributed by atoms with van der Waals surface area (Å²) in [5, 5.41) is 3.78. The molecule has 1 N–H and O–H groups in total. The first-order chi connectivity index (χ1) is 9.40. The van der Waals surface area contributed by atoms with Gasteiger partial charge < -0.3 is 15.0 Å². The van der Waals surface area contributed by atoms with Crippen molar-refractivity contribution in [3.8, 4) is 0 Å². The Bertz CT molecular complexity index is 365. The van der Waals surface area contributed by atoms with Crippen LogP contribution >= 0.6 is 0 Å². The third-order valence-corrected chi connectivity index (χ3v) is 5.06. The zero-order valence-corrected chi connectivity index (χ0v) is 13.0. The van der Waals surface area contributed by atoms with Gasteiger partial charge in [0.05, 0.1) is 0 Å². The van der Waals surface area contributed by atoms with Gasteiger partial charge >= 0.3 is 6.09 Å². The van der Waals surface area contributed by atoms with Crippen LogP contribution in [0.1, 0.15) is 52.9 Å². The number of hydrogen-bond donors (Lipinski definition) is 1. The zero-order chi connectivity index (χ0) is 14.3. The smallest absolute Gasteiger partial charge is 0.410 e. The number of ether oxygens (including phenoxy) is 1. The second-order valence-corrected chi connectivity index (χ2v) is 7.84. The van der Waals surface area contributed by atoms with Crippen molar-refractivity contribution in [1.29, 1.82) is 0 Å². The summed E-state index contributed by atoms with van der Waals surface area (Å²) in [7, 11) is 0. The summed E-state index contributed by atoms with van der Waals surface area (Å²) in [6, 6.07) is 1.15. The van der Waals surface area contributed by atoms with Crippen LogP contribution < -0.4 is 5.32 Å². The molecule has 0 radical (unpaired) electrons. The zero-order valence-electron chi connectivity index (χ0n) is 13.0. The molecule has 4 atom stereocenters. The van der Waals surface area contributed by atoms with Crippen LogP contribution in [0.3, 0.4) is 0 Å². The molecular formula is C16H28N2O2. The molecule has 3 fully saturated rings. The van der Waals surface area contributed by atoms with E-state index in [1.807, 2.05) is 25.7 Å². The highest BCUT2D eigenvalue weighted by Gasteiger charge is 2.41. The topological polar surface area (TPSA) is 41.6 Å². The quantitative estimate of drug-likeness (QED) is 0.845. The second-order valence-electron chi connectivity index (χ2n) is 7.84. The van der Waals surface area contributed by atoms with Gasteiger partial charge in [-0.1, -0.05) is 0 Å². The molecule has 0 bridgehead atoms. The standard InChI is InChI=1S/C16H28N2O2/c1-16(2,3)20-15(19)18-7-6-13(10-18)17-14-8-11-4-5-12(11)9-14/h11-14,17H,4-10H2,1-3H3/t11-,12+,13-,14+/m0/s1. The van der Waals surface area contributed by atoms with E-state index in [2.05, 4.69) is 5.32 Å². The number of carbonyl (C=O) groups excluding carboxylic acids is 1. The van der Waals surface area contributed by atoms with Crippen molar-refractivity contribution in [2.24, 2.45) is 11.8 Å². The van der Waals surface area contributed by atoms with Crippen molar-refractivity contribution in [2.45, 2.75) is 70.6 Å². The number of likely N-dealkylation sites (tertiary alicyclic amines) is 1. The Morgan fingerprint density at radius 3 is 2.30 bits per heavy atom. The lowest BCUT2D eigenvalue weighted by Crippen LogP contribution is -2.41. The summed E-state index contributed by atoms with van der Waals surface area (Å²) in [5.74, 6) is 1.99. The van der Waals surface area contributed by atoms with Crippen LogP contribution in [0.2, 0.25) is 0 Å². The Morgan fingerprint density at radius 2 is 1.75 bits per heavy atom. The molecule has 0 aromatic heterocycles. The van der Waals surface area contributed by atoms with Crippen molar-refractivity contribution in [1.82, 2.24) is 10.2 Å². The molecule has 4 heteroatoms. The first-order valence-corrected chi connectivity index (χ1v) is 8.15. The number of amides is 1. The third-order valence-electron chi connectivity index (χ3n) is 5.06. The fourth-order valence-corrected chi connectivity index (χ4v) is 3.94. The Morgan fingerprint density at radius 1 is 1.10 bits per heavy atom. The number of hydrogen-bond acceptors (Lipinski definition) is 3. The SMILES string of the molecule is CC(C)(C)OC(=O)N1CC[C@H](N[C@H]2C[C@H]3CC[C@H]3C2)C1. The largest absolute Gasteiger partial charge is 0.444 e. The van der Waals surface area contributed by atoms with Crippen molar-refractivity contribution >= 4 is 6.09 Å². The van der Waals surface area contributed by atoms with E-state index in [1.165, 1.54) is 25.7 Å². The predicted octanol–water partition coefficient (Wildman–Crippen LogP) is 2.77. The minimum absolute atomic E-state index is 0.159. The Balaban J connectivity index is 1.44. The van der Waals surface area contributed by atoms with Gasteiger partial charge in [-0.3, -0.25) is 0 Å². The van der Waals surface area contributed by atoms with Crippen molar-refractivity contribution in [2.75, 3.05) is 13.1 Å². The Labute approximate surface area is 122 Å². The number of nitrogens with one attached hydrogen (secondary N) is 1. The summed E-state index contributed by atoms with van der Waals surface area (Å²) >= 11 is 0. The van der Waals surface area contributed by atoms with E-state index in [0.717, 1.165) is 31.3 Å². The molecule has 0 aromatic rings. The van der Waals surface area contributed by atoms with E-state index in [9.17, 15) is 4.79 Å². The average molecular weight is 280 g/mol. The van der Waals surface area contributed by atoms with Crippen molar-refractivity contribution in [3.63, 3.8) is 0 Å². The minimum atomic E-state index is -0.396. The Kier molecular flexibility index (Phi) is 3.69. The maximum Gasteiger partial charge on any atom is 0.410 e. The van der Waals surface area contributed by atoms with Crippen LogP contribution in [0.15, 0.2) is 0 Å². The maximum atomic E-state index is 12.0. The van der Waals surface area contributed by atoms with Crippen molar-refractivity contribution in [3.05, 3.63) is 0 Å². The molecular weight excluding hydrogens is 252 g/mol. The van der Waals surface area contributed by atoms with Gasteiger partial charge in [0.2, 0.25) is 0 Å². The molecule has 0 unspecified atom stereocenters. The molecule has 1 aliphatic heterocycles. The van der Waals surface area contributed by atoms with Gasteiger partial charge in [-0.05, 0) is 64.7 Å². The summed E-state index contributed by atoms with van der Waals surface area (Å²) in [4.78, 5) is 13.9. The van der Waals surface area contributed by atoms with E-state index >= 15 is 0 Å². The van der Waals surface area contributed by atoms with Crippen LogP contribution in [-0.4, -0.2) is 41.8 Å². The molecule has 1 heterocycles. The molecule has 3 aliphatic rings. The van der Waals surface area contributed by atoms with Gasteiger partial charge in [0, 0.05) is 25.2 Å². The number of rotatable bonds is 2. The summed E-state index contributed by atoms with van der Waals surface area (Å²) in [5.41, 5.74) is -0.396. The highest BCUT2D eigenvalue weighted by Crippen LogP contribution is 2.46. The van der Waals surface area contributed by atoms with E-state index in [0.29, 0.717) is 12.1 Å². The molecule has 2 aliphatic carbocycles. The van der Waals surface area contributed by atoms with Crippen LogP contribution in [0.5, 0.6) is 0 Å². The van der Waals surface area contributed by atoms with Gasteiger partial charge in [-0.2, -0.15) is 0 Å². The van der Waals surface area contributed by atoms with Crippen LogP contribution in [0, 0.1) is 11.8 Å². The second kappa shape index (κ2) is 5.21. The van der Waals surface area contributed by atoms with Crippen molar-refractivity contribution < 1.29 is 9.53 Å². The van der Waals surface area contributed by atoms with E-state index in [4.69, 9.17) is 4.74 Å². The van der Waals surface area contributed by atoms with Gasteiger partial charge in [0.15, 0.2) is 0 Å². The molecule has 114 valence electrons. The predicted molar refractivity (Wildman–Crippen MR) is 78.6 cm³/mol. The monoisotopic (exact) mass is 280 g/mol. The summed E-state index contributed by atoms with van der Waals surface area (Å²) in [6.07, 6.45) is 6.50. The number of fused-ring (bicyclic) bond motifs is 1. The van der Waals surface area contributed by atoms with E-state index in [-0.39, 0.29) is 6.09 Å². The average Bonchev–Trinajstić information content (AvgIpc) is 2.86. The third kappa shape index (κ3) is 3.11. The van der Waals surface area contributed by atoms with Gasteiger partial charge in [-0.15, -0.1) is 0 Å².